The standard InChI is InChI=1S/C25H20F3N3O4S2/c26-25(27,28)14-5-3-6-15(11-14)29-19(32)13-30-18-9-2-1-8-17(18)20(22(30)33)21-23(34)31(24(36)37-21)12-16-7-4-10-35-16/h1-3,5-6,8-9,11,16H,4,7,10,12-13H2,(H,29,32)/b21-20-/t16-/m1/s1. The van der Waals surface area contributed by atoms with Crippen LogP contribution in [0.2, 0.25) is 0 Å². The monoisotopic (exact) mass is 547 g/mol. The summed E-state index contributed by atoms with van der Waals surface area (Å²) in [4.78, 5) is 42.4. The molecule has 0 aromatic heterocycles. The molecular formula is C25H20F3N3O4S2. The van der Waals surface area contributed by atoms with Crippen LogP contribution in [0.15, 0.2) is 53.4 Å². The van der Waals surface area contributed by atoms with Crippen molar-refractivity contribution >= 4 is 63.0 Å². The molecule has 0 bridgehead atoms. The number of carbonyl (C=O) groups excluding carboxylic acids is 3. The predicted molar refractivity (Wildman–Crippen MR) is 137 cm³/mol. The summed E-state index contributed by atoms with van der Waals surface area (Å²) >= 11 is 6.45. The number of hydrogen-bond acceptors (Lipinski definition) is 6. The molecule has 0 unspecified atom stereocenters. The Morgan fingerprint density at radius 1 is 1.11 bits per heavy atom. The number of halogens is 3. The van der Waals surface area contributed by atoms with E-state index in [1.165, 1.54) is 21.9 Å². The molecule has 0 spiro atoms. The molecule has 2 aromatic carbocycles. The number of thioether (sulfide) groups is 1. The molecule has 0 aliphatic carbocycles. The van der Waals surface area contributed by atoms with Crippen molar-refractivity contribution in [2.45, 2.75) is 25.1 Å². The van der Waals surface area contributed by atoms with Crippen LogP contribution < -0.4 is 10.2 Å². The van der Waals surface area contributed by atoms with E-state index < -0.39 is 30.1 Å². The van der Waals surface area contributed by atoms with Crippen molar-refractivity contribution in [2.75, 3.05) is 29.9 Å². The van der Waals surface area contributed by atoms with Gasteiger partial charge in [0.25, 0.3) is 11.8 Å². The zero-order chi connectivity index (χ0) is 26.3. The number of fused-ring (bicyclic) bond motifs is 1. The van der Waals surface area contributed by atoms with Crippen LogP contribution in [0.3, 0.4) is 0 Å². The predicted octanol–water partition coefficient (Wildman–Crippen LogP) is 4.44. The van der Waals surface area contributed by atoms with Crippen molar-refractivity contribution in [3.8, 4) is 0 Å². The van der Waals surface area contributed by atoms with Crippen molar-refractivity contribution in [1.29, 1.82) is 0 Å². The zero-order valence-corrected chi connectivity index (χ0v) is 20.8. The third-order valence-electron chi connectivity index (χ3n) is 6.18. The molecule has 3 aliphatic rings. The van der Waals surface area contributed by atoms with Gasteiger partial charge in [0.1, 0.15) is 10.9 Å². The molecule has 1 atom stereocenters. The maximum absolute atomic E-state index is 13.5. The largest absolute Gasteiger partial charge is 0.416 e. The molecule has 12 heteroatoms. The average molecular weight is 548 g/mol. The fourth-order valence-corrected chi connectivity index (χ4v) is 5.82. The van der Waals surface area contributed by atoms with Crippen LogP contribution in [0.4, 0.5) is 24.5 Å². The third-order valence-corrected chi connectivity index (χ3v) is 7.63. The minimum Gasteiger partial charge on any atom is -0.376 e. The lowest BCUT2D eigenvalue weighted by Crippen LogP contribution is -2.36. The summed E-state index contributed by atoms with van der Waals surface area (Å²) in [6.45, 7) is 0.482. The van der Waals surface area contributed by atoms with Gasteiger partial charge in [0.05, 0.1) is 34.4 Å². The Bertz CT molecular complexity index is 1340. The number of para-hydroxylation sites is 1. The minimum absolute atomic E-state index is 0.0463. The van der Waals surface area contributed by atoms with Crippen LogP contribution in [0.1, 0.15) is 24.0 Å². The Hall–Kier alpha value is -3.22. The Balaban J connectivity index is 1.39. The fraction of sp³-hybridized carbons (Fsp3) is 0.280. The molecule has 0 radical (unpaired) electrons. The quantitative estimate of drug-likeness (QED) is 0.441. The first-order valence-electron chi connectivity index (χ1n) is 11.4. The van der Waals surface area contributed by atoms with Crippen molar-refractivity contribution < 1.29 is 32.3 Å². The van der Waals surface area contributed by atoms with Gasteiger partial charge in [-0.3, -0.25) is 24.2 Å². The Kier molecular flexibility index (Phi) is 6.82. The molecular weight excluding hydrogens is 527 g/mol. The number of alkyl halides is 3. The molecule has 37 heavy (non-hydrogen) atoms. The molecule has 7 nitrogen and oxygen atoms in total. The van der Waals surface area contributed by atoms with Crippen LogP contribution >= 0.6 is 24.0 Å². The van der Waals surface area contributed by atoms with E-state index in [0.717, 1.165) is 36.7 Å². The van der Waals surface area contributed by atoms with Crippen LogP contribution in [0.25, 0.3) is 5.57 Å². The van der Waals surface area contributed by atoms with E-state index in [-0.39, 0.29) is 28.2 Å². The topological polar surface area (TPSA) is 79.0 Å². The number of carbonyl (C=O) groups is 3. The molecule has 2 aromatic rings. The van der Waals surface area contributed by atoms with Gasteiger partial charge in [0.15, 0.2) is 0 Å². The summed E-state index contributed by atoms with van der Waals surface area (Å²) in [6, 6.07) is 11.0. The molecule has 0 saturated carbocycles. The minimum atomic E-state index is -4.56. The third kappa shape index (κ3) is 5.00. The van der Waals surface area contributed by atoms with Gasteiger partial charge in [-0.1, -0.05) is 48.2 Å². The summed E-state index contributed by atoms with van der Waals surface area (Å²) in [5.41, 5.74) is 0.105. The SMILES string of the molecule is O=C(CN1C(=O)/C(=C2\SC(=S)N(C[C@H]3CCCO3)C2=O)c2ccccc21)Nc1cccc(C(F)(F)F)c1. The smallest absolute Gasteiger partial charge is 0.376 e. The molecule has 5 rings (SSSR count). The van der Waals surface area contributed by atoms with Crippen molar-refractivity contribution in [3.05, 3.63) is 64.6 Å². The maximum Gasteiger partial charge on any atom is 0.416 e. The number of amides is 3. The number of ether oxygens (including phenoxy) is 1. The highest BCUT2D eigenvalue weighted by Crippen LogP contribution is 2.44. The maximum atomic E-state index is 13.5. The molecule has 2 fully saturated rings. The second-order valence-electron chi connectivity index (χ2n) is 8.66. The van der Waals surface area contributed by atoms with Gasteiger partial charge in [0, 0.05) is 17.9 Å². The Morgan fingerprint density at radius 2 is 1.89 bits per heavy atom. The molecule has 2 saturated heterocycles. The first-order chi connectivity index (χ1) is 17.6. The second-order valence-corrected chi connectivity index (χ2v) is 10.3. The highest BCUT2D eigenvalue weighted by molar-refractivity contribution is 8.26. The van der Waals surface area contributed by atoms with E-state index in [0.29, 0.717) is 28.7 Å². The summed E-state index contributed by atoms with van der Waals surface area (Å²) in [6.07, 6.45) is -2.95. The van der Waals surface area contributed by atoms with E-state index in [1.807, 2.05) is 0 Å². The average Bonchev–Trinajstić information content (AvgIpc) is 3.53. The van der Waals surface area contributed by atoms with Gasteiger partial charge in [0.2, 0.25) is 5.91 Å². The summed E-state index contributed by atoms with van der Waals surface area (Å²) in [5, 5.41) is 2.42. The Labute approximate surface area is 219 Å². The van der Waals surface area contributed by atoms with E-state index in [4.69, 9.17) is 17.0 Å². The van der Waals surface area contributed by atoms with Crippen molar-refractivity contribution in [2.24, 2.45) is 0 Å². The van der Waals surface area contributed by atoms with Crippen LogP contribution in [0, 0.1) is 0 Å². The summed E-state index contributed by atoms with van der Waals surface area (Å²) in [7, 11) is 0. The molecule has 192 valence electrons. The van der Waals surface area contributed by atoms with Crippen molar-refractivity contribution in [3.63, 3.8) is 0 Å². The molecule has 3 heterocycles. The normalized spacial score (nSPS) is 21.7. The lowest BCUT2D eigenvalue weighted by atomic mass is 10.1. The lowest BCUT2D eigenvalue weighted by Gasteiger charge is -2.18. The van der Waals surface area contributed by atoms with E-state index in [2.05, 4.69) is 5.32 Å². The van der Waals surface area contributed by atoms with Crippen molar-refractivity contribution in [1.82, 2.24) is 4.90 Å². The number of rotatable bonds is 5. The number of benzene rings is 2. The van der Waals surface area contributed by atoms with Gasteiger partial charge in [-0.05, 0) is 37.1 Å². The van der Waals surface area contributed by atoms with E-state index >= 15 is 0 Å². The first-order valence-corrected chi connectivity index (χ1v) is 12.6. The molecule has 3 aliphatic heterocycles. The van der Waals surface area contributed by atoms with Gasteiger partial charge in [-0.25, -0.2) is 0 Å². The Morgan fingerprint density at radius 3 is 2.62 bits per heavy atom. The van der Waals surface area contributed by atoms with E-state index in [1.54, 1.807) is 24.3 Å². The van der Waals surface area contributed by atoms with Crippen LogP contribution in [0.5, 0.6) is 0 Å². The van der Waals surface area contributed by atoms with Crippen LogP contribution in [-0.2, 0) is 25.3 Å². The van der Waals surface area contributed by atoms with E-state index in [9.17, 15) is 27.6 Å². The highest BCUT2D eigenvalue weighted by atomic mass is 32.2. The molecule has 3 amide bonds. The fourth-order valence-electron chi connectivity index (χ4n) is 4.47. The zero-order valence-electron chi connectivity index (χ0n) is 19.2. The number of hydrogen-bond donors (Lipinski definition) is 1. The van der Waals surface area contributed by atoms with Crippen LogP contribution in [-0.4, -0.2) is 52.7 Å². The number of nitrogens with zero attached hydrogens (tertiary/aromatic N) is 2. The molecule has 1 N–H and O–H groups in total. The number of nitrogens with one attached hydrogen (secondary N) is 1. The van der Waals surface area contributed by atoms with Gasteiger partial charge in [-0.2, -0.15) is 13.2 Å². The lowest BCUT2D eigenvalue weighted by molar-refractivity contribution is -0.137. The number of thiocarbonyl (C=S) groups is 1. The summed E-state index contributed by atoms with van der Waals surface area (Å²) < 4.78 is 45.0. The van der Waals surface area contributed by atoms with Gasteiger partial charge >= 0.3 is 6.18 Å². The summed E-state index contributed by atoms with van der Waals surface area (Å²) in [5.74, 6) is -1.63. The van der Waals surface area contributed by atoms with Gasteiger partial charge < -0.3 is 10.1 Å². The number of anilines is 2. The first kappa shape index (κ1) is 25.4. The van der Waals surface area contributed by atoms with Gasteiger partial charge in [-0.15, -0.1) is 0 Å². The second kappa shape index (κ2) is 9.92. The highest BCUT2D eigenvalue weighted by Gasteiger charge is 2.43.